The average molecular weight is 468 g/mol. The second-order valence-electron chi connectivity index (χ2n) is 10.1. The van der Waals surface area contributed by atoms with Gasteiger partial charge >= 0.3 is 0 Å². The van der Waals surface area contributed by atoms with Gasteiger partial charge < -0.3 is 14.7 Å². The van der Waals surface area contributed by atoms with E-state index in [0.717, 1.165) is 11.1 Å². The van der Waals surface area contributed by atoms with Crippen LogP contribution in [0.25, 0.3) is 5.76 Å². The van der Waals surface area contributed by atoms with Crippen molar-refractivity contribution in [2.75, 3.05) is 13.2 Å². The molecule has 1 unspecified atom stereocenters. The highest BCUT2D eigenvalue weighted by atomic mass is 19.1. The molecule has 0 aliphatic carbocycles. The van der Waals surface area contributed by atoms with Crippen LogP contribution in [-0.2, 0) is 19.7 Å². The van der Waals surface area contributed by atoms with Crippen molar-refractivity contribution in [2.45, 2.75) is 65.5 Å². The fourth-order valence-electron chi connectivity index (χ4n) is 4.12. The number of carbonyl (C=O) groups is 2. The van der Waals surface area contributed by atoms with Crippen LogP contribution in [0.1, 0.15) is 69.3 Å². The van der Waals surface area contributed by atoms with Crippen molar-refractivity contribution in [1.29, 1.82) is 0 Å². The Morgan fingerprint density at radius 3 is 2.32 bits per heavy atom. The summed E-state index contributed by atoms with van der Waals surface area (Å²) >= 11 is 0. The minimum Gasteiger partial charge on any atom is -0.507 e. The molecule has 5 nitrogen and oxygen atoms in total. The zero-order chi connectivity index (χ0) is 25.2. The zero-order valence-electron chi connectivity index (χ0n) is 20.8. The topological polar surface area (TPSA) is 66.8 Å². The van der Waals surface area contributed by atoms with Gasteiger partial charge in [0.2, 0.25) is 0 Å². The summed E-state index contributed by atoms with van der Waals surface area (Å²) in [5.41, 5.74) is 2.46. The number of carbonyl (C=O) groups excluding carboxylic acids is 2. The van der Waals surface area contributed by atoms with E-state index >= 15 is 0 Å². The molecule has 1 amide bonds. The SMILES string of the molecule is Cc1cc(/C(O)=C2/C(=O)C(=O)N(CCCOC(C)C)C2c2ccc(C(C)(C)C)cc2)ccc1F. The third-order valence-electron chi connectivity index (χ3n) is 6.06. The number of aliphatic hydroxyl groups excluding tert-OH is 1. The van der Waals surface area contributed by atoms with E-state index in [4.69, 9.17) is 4.74 Å². The first-order chi connectivity index (χ1) is 15.9. The summed E-state index contributed by atoms with van der Waals surface area (Å²) in [5, 5.41) is 11.1. The number of hydrogen-bond donors (Lipinski definition) is 1. The molecular formula is C28H34FNO4. The van der Waals surface area contributed by atoms with E-state index in [2.05, 4.69) is 20.8 Å². The van der Waals surface area contributed by atoms with Crippen LogP contribution in [0.15, 0.2) is 48.0 Å². The lowest BCUT2D eigenvalue weighted by molar-refractivity contribution is -0.140. The molecule has 1 heterocycles. The Kier molecular flexibility index (Phi) is 7.61. The number of aliphatic hydroxyl groups is 1. The maximum Gasteiger partial charge on any atom is 0.295 e. The molecule has 1 N–H and O–H groups in total. The number of likely N-dealkylation sites (tertiary alicyclic amines) is 1. The van der Waals surface area contributed by atoms with Gasteiger partial charge in [0, 0.05) is 18.7 Å². The van der Waals surface area contributed by atoms with Gasteiger partial charge in [-0.15, -0.1) is 0 Å². The molecule has 1 aliphatic heterocycles. The lowest BCUT2D eigenvalue weighted by atomic mass is 9.85. The molecule has 2 aromatic rings. The molecule has 0 radical (unpaired) electrons. The van der Waals surface area contributed by atoms with Crippen molar-refractivity contribution >= 4 is 17.4 Å². The van der Waals surface area contributed by atoms with Crippen molar-refractivity contribution in [1.82, 2.24) is 4.90 Å². The lowest BCUT2D eigenvalue weighted by Crippen LogP contribution is -2.31. The number of rotatable bonds is 7. The van der Waals surface area contributed by atoms with Gasteiger partial charge in [-0.05, 0) is 67.5 Å². The van der Waals surface area contributed by atoms with E-state index in [1.165, 1.54) is 23.1 Å². The van der Waals surface area contributed by atoms with E-state index in [1.807, 2.05) is 38.1 Å². The third-order valence-corrected chi connectivity index (χ3v) is 6.06. The Morgan fingerprint density at radius 2 is 1.76 bits per heavy atom. The zero-order valence-corrected chi connectivity index (χ0v) is 20.8. The van der Waals surface area contributed by atoms with Crippen LogP contribution in [0.5, 0.6) is 0 Å². The number of ketones is 1. The van der Waals surface area contributed by atoms with Crippen LogP contribution >= 0.6 is 0 Å². The number of nitrogens with zero attached hydrogens (tertiary/aromatic N) is 1. The maximum atomic E-state index is 13.8. The Balaban J connectivity index is 2.07. The molecular weight excluding hydrogens is 433 g/mol. The van der Waals surface area contributed by atoms with E-state index in [1.54, 1.807) is 6.92 Å². The van der Waals surface area contributed by atoms with Crippen molar-refractivity contribution in [3.8, 4) is 0 Å². The van der Waals surface area contributed by atoms with Gasteiger partial charge in [0.1, 0.15) is 11.6 Å². The van der Waals surface area contributed by atoms with Crippen molar-refractivity contribution in [2.24, 2.45) is 0 Å². The highest BCUT2D eigenvalue weighted by molar-refractivity contribution is 6.46. The highest BCUT2D eigenvalue weighted by Gasteiger charge is 2.45. The molecule has 3 rings (SSSR count). The molecule has 2 aromatic carbocycles. The summed E-state index contributed by atoms with van der Waals surface area (Å²) in [6, 6.07) is 11.2. The summed E-state index contributed by atoms with van der Waals surface area (Å²) in [6.07, 6.45) is 0.621. The van der Waals surface area contributed by atoms with Crippen LogP contribution < -0.4 is 0 Å². The smallest absolute Gasteiger partial charge is 0.295 e. The molecule has 1 aliphatic rings. The van der Waals surface area contributed by atoms with Crippen LogP contribution in [0.3, 0.4) is 0 Å². The van der Waals surface area contributed by atoms with Crippen LogP contribution in [-0.4, -0.2) is 41.0 Å². The number of hydrogen-bond acceptors (Lipinski definition) is 4. The molecule has 1 fully saturated rings. The van der Waals surface area contributed by atoms with Crippen LogP contribution in [0.2, 0.25) is 0 Å². The summed E-state index contributed by atoms with van der Waals surface area (Å²) in [4.78, 5) is 27.7. The molecule has 34 heavy (non-hydrogen) atoms. The molecule has 182 valence electrons. The summed E-state index contributed by atoms with van der Waals surface area (Å²) in [6.45, 7) is 12.6. The number of ether oxygens (including phenoxy) is 1. The van der Waals surface area contributed by atoms with Gasteiger partial charge in [-0.3, -0.25) is 9.59 Å². The van der Waals surface area contributed by atoms with Gasteiger partial charge in [-0.1, -0.05) is 45.0 Å². The standard InChI is InChI=1S/C28H34FNO4/c1-17(2)34-15-7-14-30-24(19-8-11-21(12-9-19)28(4,5)6)23(26(32)27(30)33)25(31)20-10-13-22(29)18(3)16-20/h8-13,16-17,24,31H,7,14-15H2,1-6H3/b25-23-. The second kappa shape index (κ2) is 10.1. The minimum absolute atomic E-state index is 0.0179. The van der Waals surface area contributed by atoms with Gasteiger partial charge in [0.15, 0.2) is 0 Å². The van der Waals surface area contributed by atoms with Crippen LogP contribution in [0.4, 0.5) is 4.39 Å². The maximum absolute atomic E-state index is 13.8. The normalized spacial score (nSPS) is 18.2. The van der Waals surface area contributed by atoms with Crippen LogP contribution in [0, 0.1) is 12.7 Å². The first-order valence-electron chi connectivity index (χ1n) is 11.7. The Morgan fingerprint density at radius 1 is 1.12 bits per heavy atom. The molecule has 1 atom stereocenters. The van der Waals surface area contributed by atoms with E-state index < -0.39 is 23.5 Å². The highest BCUT2D eigenvalue weighted by Crippen LogP contribution is 2.40. The molecule has 0 aromatic heterocycles. The van der Waals surface area contributed by atoms with E-state index in [-0.39, 0.29) is 22.9 Å². The molecule has 0 saturated carbocycles. The van der Waals surface area contributed by atoms with Crippen molar-refractivity contribution in [3.63, 3.8) is 0 Å². The largest absolute Gasteiger partial charge is 0.507 e. The number of Topliss-reactive ketones (excluding diaryl/α,β-unsaturated/α-hetero) is 1. The average Bonchev–Trinajstić information content (AvgIpc) is 3.02. The van der Waals surface area contributed by atoms with Gasteiger partial charge in [0.05, 0.1) is 17.7 Å². The number of halogens is 1. The molecule has 1 saturated heterocycles. The lowest BCUT2D eigenvalue weighted by Gasteiger charge is -2.26. The van der Waals surface area contributed by atoms with Crippen molar-refractivity contribution < 1.29 is 23.8 Å². The Labute approximate surface area is 201 Å². The van der Waals surface area contributed by atoms with E-state index in [0.29, 0.717) is 30.7 Å². The first kappa shape index (κ1) is 25.6. The van der Waals surface area contributed by atoms with E-state index in [9.17, 15) is 19.1 Å². The fourth-order valence-corrected chi connectivity index (χ4v) is 4.12. The second-order valence-corrected chi connectivity index (χ2v) is 10.1. The summed E-state index contributed by atoms with van der Waals surface area (Å²) in [7, 11) is 0. The predicted molar refractivity (Wildman–Crippen MR) is 131 cm³/mol. The minimum atomic E-state index is -0.742. The summed E-state index contributed by atoms with van der Waals surface area (Å²) < 4.78 is 19.4. The number of amides is 1. The Hall–Kier alpha value is -2.99. The molecule has 6 heteroatoms. The number of benzene rings is 2. The number of aryl methyl sites for hydroxylation is 1. The Bertz CT molecular complexity index is 1100. The van der Waals surface area contributed by atoms with Gasteiger partial charge in [-0.25, -0.2) is 4.39 Å². The van der Waals surface area contributed by atoms with Gasteiger partial charge in [0.25, 0.3) is 11.7 Å². The quantitative estimate of drug-likeness (QED) is 0.247. The van der Waals surface area contributed by atoms with Gasteiger partial charge in [-0.2, -0.15) is 0 Å². The monoisotopic (exact) mass is 467 g/mol. The first-order valence-corrected chi connectivity index (χ1v) is 11.7. The fraction of sp³-hybridized carbons (Fsp3) is 0.429. The van der Waals surface area contributed by atoms with Crippen molar-refractivity contribution in [3.05, 3.63) is 76.1 Å². The summed E-state index contributed by atoms with van der Waals surface area (Å²) in [5.74, 6) is -2.10. The third kappa shape index (κ3) is 5.39. The predicted octanol–water partition coefficient (Wildman–Crippen LogP) is 5.67. The molecule has 0 spiro atoms. The molecule has 0 bridgehead atoms.